The number of nitrogens with zero attached hydrogens (tertiary/aromatic N) is 1. The number of ketones is 1. The summed E-state index contributed by atoms with van der Waals surface area (Å²) in [5.41, 5.74) is 0.471. The third-order valence-corrected chi connectivity index (χ3v) is 3.51. The number of Topliss-reactive ketones (excluding diaryl/α,β-unsaturated/α-hetero) is 1. The molecule has 0 radical (unpaired) electrons. The van der Waals surface area contributed by atoms with Gasteiger partial charge in [0.1, 0.15) is 0 Å². The molecule has 1 heterocycles. The number of carbonyl (C=O) groups excluding carboxylic acids is 1. The lowest BCUT2D eigenvalue weighted by Gasteiger charge is -2.25. The Morgan fingerprint density at radius 3 is 2.53 bits per heavy atom. The van der Waals surface area contributed by atoms with Crippen molar-refractivity contribution in [3.05, 3.63) is 34.9 Å². The summed E-state index contributed by atoms with van der Waals surface area (Å²) in [6.07, 6.45) is -0.399. The lowest BCUT2D eigenvalue weighted by atomic mass is 10.0. The molecule has 2 N–H and O–H groups in total. The Morgan fingerprint density at radius 2 is 1.95 bits per heavy atom. The van der Waals surface area contributed by atoms with Gasteiger partial charge in [0.15, 0.2) is 5.78 Å². The van der Waals surface area contributed by atoms with Crippen molar-refractivity contribution in [1.29, 1.82) is 0 Å². The maximum Gasteiger partial charge on any atom is 0.348 e. The normalized spacial score (nSPS) is 21.3. The topological polar surface area (TPSA) is 77.8 Å². The number of hydrogen-bond acceptors (Lipinski definition) is 4. The molecule has 19 heavy (non-hydrogen) atoms. The molecule has 0 spiro atoms. The first kappa shape index (κ1) is 14.0. The number of carboxylic acid groups (broad SMARTS) is 1. The Balaban J connectivity index is 2.18. The van der Waals surface area contributed by atoms with Crippen LogP contribution in [0.15, 0.2) is 24.3 Å². The number of aliphatic carboxylic acids is 1. The van der Waals surface area contributed by atoms with E-state index in [0.29, 0.717) is 30.0 Å². The van der Waals surface area contributed by atoms with Gasteiger partial charge in [-0.25, -0.2) is 4.79 Å². The lowest BCUT2D eigenvalue weighted by Crippen LogP contribution is -2.47. The molecule has 1 fully saturated rings. The Labute approximate surface area is 115 Å². The van der Waals surface area contributed by atoms with Gasteiger partial charge in [-0.1, -0.05) is 11.6 Å². The van der Waals surface area contributed by atoms with Crippen LogP contribution in [0.25, 0.3) is 0 Å². The average molecular weight is 284 g/mol. The third kappa shape index (κ3) is 2.94. The van der Waals surface area contributed by atoms with Crippen LogP contribution in [0.3, 0.4) is 0 Å². The van der Waals surface area contributed by atoms with E-state index in [1.54, 1.807) is 24.3 Å². The summed E-state index contributed by atoms with van der Waals surface area (Å²) in [7, 11) is 0. The molecule has 1 aromatic rings. The van der Waals surface area contributed by atoms with Gasteiger partial charge in [-0.3, -0.25) is 9.69 Å². The van der Waals surface area contributed by atoms with Gasteiger partial charge in [0.05, 0.1) is 6.04 Å². The van der Waals surface area contributed by atoms with Crippen LogP contribution in [0.1, 0.15) is 23.2 Å². The highest BCUT2D eigenvalue weighted by molar-refractivity contribution is 6.30. The highest BCUT2D eigenvalue weighted by Gasteiger charge is 2.37. The molecular formula is C13H14ClNO4. The van der Waals surface area contributed by atoms with E-state index in [2.05, 4.69) is 0 Å². The van der Waals surface area contributed by atoms with E-state index in [0.717, 1.165) is 0 Å². The Hall–Kier alpha value is -1.43. The van der Waals surface area contributed by atoms with Crippen LogP contribution in [-0.2, 0) is 4.79 Å². The molecule has 2 rings (SSSR count). The minimum absolute atomic E-state index is 0.186. The van der Waals surface area contributed by atoms with Gasteiger partial charge < -0.3 is 10.2 Å². The van der Waals surface area contributed by atoms with E-state index in [4.69, 9.17) is 16.7 Å². The zero-order valence-corrected chi connectivity index (χ0v) is 10.9. The van der Waals surface area contributed by atoms with E-state index >= 15 is 0 Å². The van der Waals surface area contributed by atoms with E-state index in [1.807, 2.05) is 0 Å². The summed E-state index contributed by atoms with van der Waals surface area (Å²) < 4.78 is 0. The smallest absolute Gasteiger partial charge is 0.348 e. The zero-order valence-electron chi connectivity index (χ0n) is 10.1. The summed E-state index contributed by atoms with van der Waals surface area (Å²) in [5, 5.41) is 19.0. The van der Waals surface area contributed by atoms with Gasteiger partial charge in [-0.2, -0.15) is 0 Å². The Kier molecular flexibility index (Phi) is 4.19. The second-order valence-corrected chi connectivity index (χ2v) is 4.92. The van der Waals surface area contributed by atoms with Crippen LogP contribution in [0.5, 0.6) is 0 Å². The molecule has 0 aromatic heterocycles. The summed E-state index contributed by atoms with van der Waals surface area (Å²) in [6.45, 7) is 0.400. The van der Waals surface area contributed by atoms with Crippen LogP contribution in [0.4, 0.5) is 0 Å². The molecule has 102 valence electrons. The van der Waals surface area contributed by atoms with Crippen LogP contribution in [0.2, 0.25) is 5.02 Å². The first-order valence-corrected chi connectivity index (χ1v) is 6.35. The quantitative estimate of drug-likeness (QED) is 0.817. The molecule has 6 heteroatoms. The number of carbonyl (C=O) groups is 2. The van der Waals surface area contributed by atoms with Crippen molar-refractivity contribution in [3.8, 4) is 0 Å². The van der Waals surface area contributed by atoms with Gasteiger partial charge in [0, 0.05) is 17.1 Å². The number of hydrogen-bond donors (Lipinski definition) is 2. The van der Waals surface area contributed by atoms with E-state index in [9.17, 15) is 14.7 Å². The number of aliphatic hydroxyl groups excluding tert-OH is 1. The SMILES string of the molecule is O=C(O)C(O)N1CCCC1C(=O)c1ccc(Cl)cc1. The largest absolute Gasteiger partial charge is 0.478 e. The van der Waals surface area contributed by atoms with E-state index in [-0.39, 0.29) is 5.78 Å². The number of aliphatic hydroxyl groups is 1. The maximum absolute atomic E-state index is 12.3. The number of benzene rings is 1. The summed E-state index contributed by atoms with van der Waals surface area (Å²) in [6, 6.07) is 5.85. The molecule has 2 atom stereocenters. The minimum Gasteiger partial charge on any atom is -0.478 e. The molecule has 5 nitrogen and oxygen atoms in total. The fourth-order valence-corrected chi connectivity index (χ4v) is 2.44. The molecule has 2 unspecified atom stereocenters. The van der Waals surface area contributed by atoms with Crippen molar-refractivity contribution < 1.29 is 19.8 Å². The van der Waals surface area contributed by atoms with Crippen molar-refractivity contribution in [2.45, 2.75) is 25.1 Å². The first-order valence-electron chi connectivity index (χ1n) is 5.97. The Morgan fingerprint density at radius 1 is 1.32 bits per heavy atom. The molecule has 1 aliphatic heterocycles. The monoisotopic (exact) mass is 283 g/mol. The Bertz CT molecular complexity index is 488. The highest BCUT2D eigenvalue weighted by atomic mass is 35.5. The number of halogens is 1. The second kappa shape index (κ2) is 5.69. The minimum atomic E-state index is -1.64. The van der Waals surface area contributed by atoms with Crippen molar-refractivity contribution in [2.75, 3.05) is 6.54 Å². The number of likely N-dealkylation sites (tertiary alicyclic amines) is 1. The third-order valence-electron chi connectivity index (χ3n) is 3.26. The fourth-order valence-electron chi connectivity index (χ4n) is 2.31. The standard InChI is InChI=1S/C13H14ClNO4/c14-9-5-3-8(4-6-9)11(16)10-2-1-7-15(10)12(17)13(18)19/h3-6,10,12,17H,1-2,7H2,(H,18,19). The first-order chi connectivity index (χ1) is 9.00. The van der Waals surface area contributed by atoms with Crippen LogP contribution in [-0.4, -0.2) is 45.7 Å². The molecule has 0 bridgehead atoms. The van der Waals surface area contributed by atoms with Crippen molar-refractivity contribution >= 4 is 23.4 Å². The van der Waals surface area contributed by atoms with Gasteiger partial charge in [-0.15, -0.1) is 0 Å². The fraction of sp³-hybridized carbons (Fsp3) is 0.385. The van der Waals surface area contributed by atoms with Crippen LogP contribution in [0, 0.1) is 0 Å². The summed E-state index contributed by atoms with van der Waals surface area (Å²) in [4.78, 5) is 24.4. The molecule has 1 aromatic carbocycles. The molecule has 0 saturated carbocycles. The molecule has 1 aliphatic rings. The lowest BCUT2D eigenvalue weighted by molar-refractivity contribution is -0.157. The van der Waals surface area contributed by atoms with Gasteiger partial charge in [0.25, 0.3) is 0 Å². The zero-order chi connectivity index (χ0) is 14.0. The van der Waals surface area contributed by atoms with E-state index in [1.165, 1.54) is 4.90 Å². The predicted octanol–water partition coefficient (Wildman–Crippen LogP) is 1.39. The molecule has 0 amide bonds. The van der Waals surface area contributed by atoms with Gasteiger partial charge in [0.2, 0.25) is 6.23 Å². The highest BCUT2D eigenvalue weighted by Crippen LogP contribution is 2.23. The van der Waals surface area contributed by atoms with Crippen LogP contribution < -0.4 is 0 Å². The van der Waals surface area contributed by atoms with Gasteiger partial charge >= 0.3 is 5.97 Å². The van der Waals surface area contributed by atoms with Crippen molar-refractivity contribution in [1.82, 2.24) is 4.90 Å². The number of carboxylic acids is 1. The molecular weight excluding hydrogens is 270 g/mol. The van der Waals surface area contributed by atoms with Crippen LogP contribution >= 0.6 is 11.6 Å². The summed E-state index contributed by atoms with van der Waals surface area (Å²) in [5.74, 6) is -1.52. The van der Waals surface area contributed by atoms with Crippen molar-refractivity contribution in [3.63, 3.8) is 0 Å². The molecule has 0 aliphatic carbocycles. The summed E-state index contributed by atoms with van der Waals surface area (Å²) >= 11 is 5.76. The maximum atomic E-state index is 12.3. The van der Waals surface area contributed by atoms with Crippen molar-refractivity contribution in [2.24, 2.45) is 0 Å². The van der Waals surface area contributed by atoms with Gasteiger partial charge in [-0.05, 0) is 37.1 Å². The predicted molar refractivity (Wildman–Crippen MR) is 69.2 cm³/mol. The second-order valence-electron chi connectivity index (χ2n) is 4.48. The average Bonchev–Trinajstić information content (AvgIpc) is 2.86. The number of rotatable bonds is 4. The van der Waals surface area contributed by atoms with E-state index < -0.39 is 18.2 Å². The molecule has 1 saturated heterocycles.